The summed E-state index contributed by atoms with van der Waals surface area (Å²) in [5, 5.41) is 17.2. The van der Waals surface area contributed by atoms with Crippen molar-refractivity contribution >= 4 is 43.9 Å². The molecular formula is C33H39N5O6S. The third kappa shape index (κ3) is 8.01. The number of carbonyl (C=O) groups is 1. The Morgan fingerprint density at radius 2 is 1.73 bits per heavy atom. The van der Waals surface area contributed by atoms with Gasteiger partial charge in [-0.3, -0.25) is 14.6 Å². The summed E-state index contributed by atoms with van der Waals surface area (Å²) in [7, 11) is -2.20. The number of sulfonamides is 1. The number of methoxy groups -OCH3 is 1. The molecule has 12 heteroatoms. The lowest BCUT2D eigenvalue weighted by molar-refractivity contribution is 0.174. The van der Waals surface area contributed by atoms with Gasteiger partial charge >= 0.3 is 6.03 Å². The molecule has 4 aromatic rings. The Balaban J connectivity index is 1.38. The summed E-state index contributed by atoms with van der Waals surface area (Å²) < 4.78 is 38.5. The Labute approximate surface area is 263 Å². The quantitative estimate of drug-likeness (QED) is 0.178. The van der Waals surface area contributed by atoms with Crippen LogP contribution in [-0.4, -0.2) is 62.0 Å². The number of nitrogens with zero attached hydrogens (tertiary/aromatic N) is 2. The summed E-state index contributed by atoms with van der Waals surface area (Å²) >= 11 is 0. The zero-order chi connectivity index (χ0) is 32.4. The summed E-state index contributed by atoms with van der Waals surface area (Å²) in [6, 6.07) is 17.8. The van der Waals surface area contributed by atoms with Crippen LogP contribution >= 0.6 is 0 Å². The molecule has 0 saturated carbocycles. The van der Waals surface area contributed by atoms with Crippen LogP contribution in [0.5, 0.6) is 17.2 Å². The fourth-order valence-electron chi connectivity index (χ4n) is 5.31. The molecule has 0 radical (unpaired) electrons. The lowest BCUT2D eigenvalue weighted by Crippen LogP contribution is -2.22. The monoisotopic (exact) mass is 633 g/mol. The number of hydrogen-bond donors (Lipinski definition) is 4. The number of nitrogens with one attached hydrogen (secondary N) is 3. The molecule has 3 aromatic carbocycles. The molecule has 1 aliphatic rings. The number of carbonyl (C=O) groups excluding carboxylic acids is 1. The molecule has 45 heavy (non-hydrogen) atoms. The Morgan fingerprint density at radius 1 is 1.02 bits per heavy atom. The molecule has 5 rings (SSSR count). The summed E-state index contributed by atoms with van der Waals surface area (Å²) in [6.45, 7) is 8.06. The van der Waals surface area contributed by atoms with Crippen molar-refractivity contribution in [2.75, 3.05) is 41.8 Å². The first-order valence-corrected chi connectivity index (χ1v) is 16.5. The minimum atomic E-state index is -3.61. The first-order valence-electron chi connectivity index (χ1n) is 14.6. The van der Waals surface area contributed by atoms with Crippen LogP contribution in [0.3, 0.4) is 0 Å². The normalized spacial score (nSPS) is 15.6. The largest absolute Gasteiger partial charge is 0.492 e. The number of ether oxygens (including phenoxy) is 2. The van der Waals surface area contributed by atoms with Crippen LogP contribution in [0.25, 0.3) is 10.8 Å². The molecule has 1 atom stereocenters. The van der Waals surface area contributed by atoms with Crippen molar-refractivity contribution in [2.45, 2.75) is 45.3 Å². The highest BCUT2D eigenvalue weighted by atomic mass is 32.2. The van der Waals surface area contributed by atoms with Gasteiger partial charge in [0.1, 0.15) is 11.5 Å². The number of aliphatic hydroxyl groups is 1. The van der Waals surface area contributed by atoms with Crippen molar-refractivity contribution in [3.8, 4) is 17.2 Å². The van der Waals surface area contributed by atoms with Gasteiger partial charge in [-0.25, -0.2) is 13.2 Å². The Hall–Kier alpha value is -4.39. The minimum absolute atomic E-state index is 0.190. The van der Waals surface area contributed by atoms with Gasteiger partial charge in [-0.05, 0) is 47.7 Å². The maximum absolute atomic E-state index is 13.4. The second-order valence-corrected chi connectivity index (χ2v) is 14.0. The van der Waals surface area contributed by atoms with Crippen LogP contribution in [0.2, 0.25) is 0 Å². The molecule has 1 aromatic heterocycles. The van der Waals surface area contributed by atoms with Crippen molar-refractivity contribution in [1.82, 2.24) is 9.88 Å². The van der Waals surface area contributed by atoms with Gasteiger partial charge in [0, 0.05) is 42.7 Å². The van der Waals surface area contributed by atoms with Crippen LogP contribution in [-0.2, 0) is 22.0 Å². The minimum Gasteiger partial charge on any atom is -0.492 e. The second-order valence-electron chi connectivity index (χ2n) is 12.2. The number of urea groups is 1. The molecule has 2 heterocycles. The van der Waals surface area contributed by atoms with E-state index in [2.05, 4.69) is 25.2 Å². The number of aliphatic hydroxyl groups excluding tert-OH is 1. The number of hydrogen-bond acceptors (Lipinski definition) is 8. The van der Waals surface area contributed by atoms with Gasteiger partial charge in [-0.15, -0.1) is 0 Å². The smallest absolute Gasteiger partial charge is 0.323 e. The molecule has 1 unspecified atom stereocenters. The van der Waals surface area contributed by atoms with E-state index in [0.29, 0.717) is 36.0 Å². The first-order chi connectivity index (χ1) is 21.3. The first kappa shape index (κ1) is 32.0. The topological polar surface area (TPSA) is 142 Å². The van der Waals surface area contributed by atoms with Crippen molar-refractivity contribution in [2.24, 2.45) is 0 Å². The molecule has 1 saturated heterocycles. The Bertz CT molecular complexity index is 1820. The zero-order valence-electron chi connectivity index (χ0n) is 26.0. The third-order valence-electron chi connectivity index (χ3n) is 7.48. The van der Waals surface area contributed by atoms with Gasteiger partial charge in [0.15, 0.2) is 5.75 Å². The molecule has 0 spiro atoms. The number of aromatic nitrogens is 1. The summed E-state index contributed by atoms with van der Waals surface area (Å²) in [6.07, 6.45) is 3.23. The molecule has 0 aliphatic carbocycles. The average molecular weight is 634 g/mol. The van der Waals surface area contributed by atoms with Crippen molar-refractivity contribution in [3.05, 3.63) is 78.1 Å². The van der Waals surface area contributed by atoms with E-state index in [4.69, 9.17) is 9.47 Å². The van der Waals surface area contributed by atoms with E-state index in [9.17, 15) is 18.3 Å². The van der Waals surface area contributed by atoms with E-state index in [1.807, 2.05) is 51.1 Å². The number of likely N-dealkylation sites (tertiary alicyclic amines) is 1. The molecule has 0 bridgehead atoms. The SMILES string of the molecule is COc1c(NC(=O)Nc2ccc(Oc3ccnc(CN4CCC(O)C4)c3)c3ccccc23)cc(C(C)(C)C)cc1NS(C)(=O)=O. The van der Waals surface area contributed by atoms with Gasteiger partial charge in [-0.2, -0.15) is 0 Å². The van der Waals surface area contributed by atoms with E-state index in [0.717, 1.165) is 41.3 Å². The average Bonchev–Trinajstić information content (AvgIpc) is 3.37. The third-order valence-corrected chi connectivity index (χ3v) is 8.07. The van der Waals surface area contributed by atoms with Crippen LogP contribution in [0.15, 0.2) is 66.9 Å². The maximum Gasteiger partial charge on any atom is 0.323 e. The van der Waals surface area contributed by atoms with E-state index in [1.54, 1.807) is 36.5 Å². The highest BCUT2D eigenvalue weighted by Crippen LogP contribution is 2.40. The Morgan fingerprint density at radius 3 is 2.40 bits per heavy atom. The molecule has 4 N–H and O–H groups in total. The summed E-state index contributed by atoms with van der Waals surface area (Å²) in [5.41, 5.74) is 2.40. The van der Waals surface area contributed by atoms with Crippen LogP contribution in [0.1, 0.15) is 38.4 Å². The lowest BCUT2D eigenvalue weighted by Gasteiger charge is -2.24. The summed E-state index contributed by atoms with van der Waals surface area (Å²) in [5.74, 6) is 1.43. The van der Waals surface area contributed by atoms with Gasteiger partial charge in [0.25, 0.3) is 0 Å². The standard InChI is InChI=1S/C33H39N5O6S/c1-33(2,3)21-16-28(31(43-4)29(17-21)37-45(5,41)42)36-32(40)35-27-10-11-30(26-9-7-6-8-25(26)27)44-24-12-14-34-22(18-24)19-38-15-13-23(39)20-38/h6-12,14,16-18,23,37,39H,13,15,19-20H2,1-5H3,(H2,35,36,40). The van der Waals surface area contributed by atoms with Gasteiger partial charge in [0.05, 0.1) is 42.2 Å². The molecule has 1 fully saturated rings. The zero-order valence-corrected chi connectivity index (χ0v) is 26.9. The van der Waals surface area contributed by atoms with Gasteiger partial charge in [-0.1, -0.05) is 45.0 Å². The predicted octanol–water partition coefficient (Wildman–Crippen LogP) is 5.92. The van der Waals surface area contributed by atoms with Gasteiger partial charge in [0.2, 0.25) is 10.0 Å². The number of fused-ring (bicyclic) bond motifs is 1. The number of pyridine rings is 1. The van der Waals surface area contributed by atoms with E-state index < -0.39 is 16.1 Å². The summed E-state index contributed by atoms with van der Waals surface area (Å²) in [4.78, 5) is 20.0. The fraction of sp³-hybridized carbons (Fsp3) is 0.333. The maximum atomic E-state index is 13.4. The number of β-amino-alcohol motifs (C(OH)–C–C–N with tert-alkyl or cyclic N) is 1. The predicted molar refractivity (Wildman–Crippen MR) is 177 cm³/mol. The van der Waals surface area contributed by atoms with Crippen molar-refractivity contribution in [3.63, 3.8) is 0 Å². The van der Waals surface area contributed by atoms with Crippen LogP contribution in [0, 0.1) is 0 Å². The molecular weight excluding hydrogens is 594 g/mol. The van der Waals surface area contributed by atoms with Gasteiger partial charge < -0.3 is 25.2 Å². The van der Waals surface area contributed by atoms with E-state index in [-0.39, 0.29) is 23.0 Å². The van der Waals surface area contributed by atoms with Crippen molar-refractivity contribution in [1.29, 1.82) is 0 Å². The number of rotatable bonds is 9. The second kappa shape index (κ2) is 12.9. The van der Waals surface area contributed by atoms with Crippen molar-refractivity contribution < 1.29 is 27.8 Å². The highest BCUT2D eigenvalue weighted by molar-refractivity contribution is 7.92. The fourth-order valence-corrected chi connectivity index (χ4v) is 5.86. The van der Waals surface area contributed by atoms with E-state index >= 15 is 0 Å². The number of amides is 2. The molecule has 1 aliphatic heterocycles. The number of benzene rings is 3. The van der Waals surface area contributed by atoms with Crippen LogP contribution < -0.4 is 24.8 Å². The van der Waals surface area contributed by atoms with E-state index in [1.165, 1.54) is 7.11 Å². The number of anilines is 3. The van der Waals surface area contributed by atoms with Crippen LogP contribution in [0.4, 0.5) is 21.9 Å². The Kier molecular flexibility index (Phi) is 9.19. The molecule has 2 amide bonds. The highest BCUT2D eigenvalue weighted by Gasteiger charge is 2.23. The molecule has 238 valence electrons. The molecule has 11 nitrogen and oxygen atoms in total. The lowest BCUT2D eigenvalue weighted by atomic mass is 9.86.